The number of nitrogens with zero attached hydrogens (tertiary/aromatic N) is 2. The first-order valence-electron chi connectivity index (χ1n) is 5.72. The van der Waals surface area contributed by atoms with Crippen LogP contribution >= 0.6 is 0 Å². The van der Waals surface area contributed by atoms with Gasteiger partial charge < -0.3 is 28.7 Å². The number of halogens is 1. The van der Waals surface area contributed by atoms with E-state index in [0.717, 1.165) is 0 Å². The van der Waals surface area contributed by atoms with Gasteiger partial charge in [0.05, 0.1) is 12.7 Å². The molecule has 0 aliphatic rings. The van der Waals surface area contributed by atoms with Crippen LogP contribution < -0.4 is 28.5 Å². The Kier molecular flexibility index (Phi) is 6.23. The van der Waals surface area contributed by atoms with Crippen LogP contribution in [-0.4, -0.2) is 23.8 Å². The van der Waals surface area contributed by atoms with Gasteiger partial charge in [0, 0.05) is 18.3 Å². The number of ketones is 1. The summed E-state index contributed by atoms with van der Waals surface area (Å²) in [7, 11) is 1.30. The van der Waals surface area contributed by atoms with Crippen LogP contribution in [-0.2, 0) is 11.3 Å². The summed E-state index contributed by atoms with van der Waals surface area (Å²) in [5, 5.41) is 0. The summed E-state index contributed by atoms with van der Waals surface area (Å²) in [5.41, 5.74) is 0.568. The van der Waals surface area contributed by atoms with E-state index in [4.69, 9.17) is 0 Å². The molecule has 0 bridgehead atoms. The summed E-state index contributed by atoms with van der Waals surface area (Å²) < 4.78 is 6.35. The van der Waals surface area contributed by atoms with Gasteiger partial charge >= 0.3 is 5.97 Å². The quantitative estimate of drug-likeness (QED) is 0.266. The van der Waals surface area contributed by atoms with Gasteiger partial charge in [-0.25, -0.2) is 4.79 Å². The van der Waals surface area contributed by atoms with Crippen LogP contribution in [0.5, 0.6) is 0 Å². The highest BCUT2D eigenvalue weighted by molar-refractivity contribution is 5.96. The number of carbonyl (C=O) groups excluding carboxylic acids is 2. The minimum absolute atomic E-state index is 0. The molecular weight excluding hydrogens is 371 g/mol. The fraction of sp³-hybridized carbons (Fsp3) is 0.143. The molecule has 20 heavy (non-hydrogen) atoms. The van der Waals surface area contributed by atoms with Gasteiger partial charge in [-0.15, -0.1) is 0 Å². The second kappa shape index (κ2) is 7.68. The van der Waals surface area contributed by atoms with Gasteiger partial charge in [-0.2, -0.15) is 4.57 Å². The number of rotatable bonds is 4. The molecule has 2 aromatic heterocycles. The normalized spacial score (nSPS) is 9.45. The van der Waals surface area contributed by atoms with Crippen LogP contribution in [0.25, 0.3) is 0 Å². The number of carbonyl (C=O) groups is 2. The Morgan fingerprint density at radius 2 is 1.95 bits per heavy atom. The van der Waals surface area contributed by atoms with Crippen molar-refractivity contribution >= 4 is 11.8 Å². The largest absolute Gasteiger partial charge is 1.00 e. The molecule has 104 valence electrons. The maximum Gasteiger partial charge on any atom is 0.337 e. The Balaban J connectivity index is 0.00000200. The Morgan fingerprint density at radius 1 is 1.25 bits per heavy atom. The van der Waals surface area contributed by atoms with Crippen molar-refractivity contribution in [2.45, 2.75) is 6.54 Å². The summed E-state index contributed by atoms with van der Waals surface area (Å²) in [6.07, 6.45) is 5.01. The molecule has 0 saturated carbocycles. The molecular formula is C14H13IN2O3. The molecule has 0 radical (unpaired) electrons. The lowest BCUT2D eigenvalue weighted by molar-refractivity contribution is -0.683. The van der Waals surface area contributed by atoms with E-state index in [9.17, 15) is 9.59 Å². The number of hydrogen-bond acceptors (Lipinski definition) is 4. The van der Waals surface area contributed by atoms with Crippen LogP contribution in [0.3, 0.4) is 0 Å². The zero-order valence-electron chi connectivity index (χ0n) is 10.8. The maximum absolute atomic E-state index is 12.0. The molecule has 0 aromatic carbocycles. The Morgan fingerprint density at radius 3 is 2.60 bits per heavy atom. The first kappa shape index (κ1) is 16.2. The average molecular weight is 384 g/mol. The predicted octanol–water partition coefficient (Wildman–Crippen LogP) is -1.96. The number of aromatic nitrogens is 2. The third-order valence-electron chi connectivity index (χ3n) is 2.57. The first-order chi connectivity index (χ1) is 9.20. The van der Waals surface area contributed by atoms with Crippen LogP contribution in [0.2, 0.25) is 0 Å². The Labute approximate surface area is 133 Å². The zero-order valence-corrected chi connectivity index (χ0v) is 13.0. The van der Waals surface area contributed by atoms with E-state index in [1.54, 1.807) is 17.0 Å². The summed E-state index contributed by atoms with van der Waals surface area (Å²) in [6.45, 7) is 0.179. The van der Waals surface area contributed by atoms with Crippen molar-refractivity contribution in [2.24, 2.45) is 0 Å². The molecule has 0 N–H and O–H groups in total. The van der Waals surface area contributed by atoms with Crippen molar-refractivity contribution in [1.29, 1.82) is 0 Å². The molecule has 0 saturated heterocycles. The lowest BCUT2D eigenvalue weighted by atomic mass is 10.2. The molecule has 0 atom stereocenters. The van der Waals surface area contributed by atoms with Gasteiger partial charge in [0.2, 0.25) is 12.3 Å². The number of pyridine rings is 2. The molecule has 0 aliphatic carbocycles. The topological polar surface area (TPSA) is 60.1 Å². The first-order valence-corrected chi connectivity index (χ1v) is 5.72. The van der Waals surface area contributed by atoms with Crippen molar-refractivity contribution < 1.29 is 42.9 Å². The maximum atomic E-state index is 12.0. The van der Waals surface area contributed by atoms with Gasteiger partial charge in [0.25, 0.3) is 0 Å². The van der Waals surface area contributed by atoms with Gasteiger partial charge in [0.1, 0.15) is 5.69 Å². The average Bonchev–Trinajstić information content (AvgIpc) is 2.47. The molecule has 6 heteroatoms. The monoisotopic (exact) mass is 384 g/mol. The third-order valence-corrected chi connectivity index (χ3v) is 2.57. The van der Waals surface area contributed by atoms with E-state index in [2.05, 4.69) is 9.72 Å². The minimum Gasteiger partial charge on any atom is -1.00 e. The van der Waals surface area contributed by atoms with Gasteiger partial charge in [-0.1, -0.05) is 6.07 Å². The molecule has 0 spiro atoms. The SMILES string of the molecule is COC(=O)c1ccnc(C(=O)C[n+]2ccccc2)c1.[I-]. The van der Waals surface area contributed by atoms with Crippen molar-refractivity contribution in [3.05, 3.63) is 60.2 Å². The van der Waals surface area contributed by atoms with E-state index >= 15 is 0 Å². The molecule has 0 aliphatic heterocycles. The number of methoxy groups -OCH3 is 1. The minimum atomic E-state index is -0.483. The van der Waals surface area contributed by atoms with Crippen molar-refractivity contribution in [2.75, 3.05) is 7.11 Å². The second-order valence-electron chi connectivity index (χ2n) is 3.89. The number of ether oxygens (including phenoxy) is 1. The van der Waals surface area contributed by atoms with Crippen LogP contribution in [0.4, 0.5) is 0 Å². The fourth-order valence-electron chi connectivity index (χ4n) is 1.61. The van der Waals surface area contributed by atoms with Crippen molar-refractivity contribution in [3.63, 3.8) is 0 Å². The highest BCUT2D eigenvalue weighted by Gasteiger charge is 2.15. The van der Waals surface area contributed by atoms with Crippen molar-refractivity contribution in [1.82, 2.24) is 4.98 Å². The summed E-state index contributed by atoms with van der Waals surface area (Å²) in [4.78, 5) is 27.4. The van der Waals surface area contributed by atoms with Crippen LogP contribution in [0.15, 0.2) is 48.9 Å². The Bertz CT molecular complexity index is 602. The van der Waals surface area contributed by atoms with Gasteiger partial charge in [-0.05, 0) is 12.1 Å². The van der Waals surface area contributed by atoms with Crippen LogP contribution in [0.1, 0.15) is 20.8 Å². The number of Topliss-reactive ketones (excluding diaryl/α,β-unsaturated/α-hetero) is 1. The standard InChI is InChI=1S/C14H13N2O3.HI/c1-19-14(18)11-5-6-15-12(9-11)13(17)10-16-7-3-2-4-8-16;/h2-9H,10H2,1H3;1H/q+1;/p-1. The van der Waals surface area contributed by atoms with E-state index in [1.807, 2.05) is 18.2 Å². The number of esters is 1. The number of hydrogen-bond donors (Lipinski definition) is 0. The lowest BCUT2D eigenvalue weighted by Crippen LogP contribution is -3.00. The second-order valence-corrected chi connectivity index (χ2v) is 3.89. The molecule has 0 unspecified atom stereocenters. The highest BCUT2D eigenvalue weighted by Crippen LogP contribution is 2.04. The molecule has 0 amide bonds. The van der Waals surface area contributed by atoms with Gasteiger partial charge in [0.15, 0.2) is 12.4 Å². The molecule has 0 fully saturated rings. The van der Waals surface area contributed by atoms with E-state index in [0.29, 0.717) is 5.56 Å². The summed E-state index contributed by atoms with van der Waals surface area (Å²) in [5.74, 6) is -0.647. The summed E-state index contributed by atoms with van der Waals surface area (Å²) >= 11 is 0. The smallest absolute Gasteiger partial charge is 0.337 e. The molecule has 2 rings (SSSR count). The van der Waals surface area contributed by atoms with E-state index in [-0.39, 0.29) is 42.0 Å². The highest BCUT2D eigenvalue weighted by atomic mass is 127. The van der Waals surface area contributed by atoms with Crippen molar-refractivity contribution in [3.8, 4) is 0 Å². The summed E-state index contributed by atoms with van der Waals surface area (Å²) in [6, 6.07) is 8.50. The van der Waals surface area contributed by atoms with Crippen LogP contribution in [0, 0.1) is 0 Å². The molecule has 2 heterocycles. The predicted molar refractivity (Wildman–Crippen MR) is 66.5 cm³/mol. The van der Waals surface area contributed by atoms with E-state index in [1.165, 1.54) is 25.4 Å². The molecule has 5 nitrogen and oxygen atoms in total. The fourth-order valence-corrected chi connectivity index (χ4v) is 1.61. The van der Waals surface area contributed by atoms with E-state index < -0.39 is 5.97 Å². The molecule has 2 aromatic rings. The lowest BCUT2D eigenvalue weighted by Gasteiger charge is -2.01. The van der Waals surface area contributed by atoms with Gasteiger partial charge in [-0.3, -0.25) is 9.78 Å². The third kappa shape index (κ3) is 4.09. The Hall–Kier alpha value is -1.83. The zero-order chi connectivity index (χ0) is 13.7.